The molecule has 6 nitrogen and oxygen atoms in total. The van der Waals surface area contributed by atoms with E-state index in [4.69, 9.17) is 11.8 Å². The molecule has 1 fully saturated rings. The van der Waals surface area contributed by atoms with Crippen LogP contribution in [0, 0.1) is 24.7 Å². The molecule has 1 saturated heterocycles. The van der Waals surface area contributed by atoms with E-state index in [1.165, 1.54) is 4.90 Å². The molecule has 0 spiro atoms. The van der Waals surface area contributed by atoms with Gasteiger partial charge in [0.25, 0.3) is 0 Å². The van der Waals surface area contributed by atoms with Gasteiger partial charge in [0.05, 0.1) is 12.2 Å². The molecule has 0 bridgehead atoms. The molecule has 0 saturated carbocycles. The highest BCUT2D eigenvalue weighted by Gasteiger charge is 2.37. The smallest absolute Gasteiger partial charge is 0.299 e. The number of nitrogens with zero attached hydrogens (tertiary/aromatic N) is 3. The zero-order valence-electron chi connectivity index (χ0n) is 9.69. The van der Waals surface area contributed by atoms with Crippen LogP contribution in [0.25, 0.3) is 0 Å². The molecule has 1 aliphatic heterocycles. The maximum absolute atomic E-state index is 11.6. The minimum atomic E-state index is -0.452. The van der Waals surface area contributed by atoms with Gasteiger partial charge in [0, 0.05) is 18.8 Å². The SMILES string of the molecule is C#CCN1C(=O)NC(=N)C1c1cn(C)nc1C. The zero-order valence-corrected chi connectivity index (χ0v) is 9.69. The predicted octanol–water partition coefficient (Wildman–Crippen LogP) is 0.405. The average molecular weight is 231 g/mol. The van der Waals surface area contributed by atoms with Crippen molar-refractivity contribution in [2.24, 2.45) is 7.05 Å². The van der Waals surface area contributed by atoms with E-state index in [0.29, 0.717) is 0 Å². The molecule has 0 aromatic carbocycles. The summed E-state index contributed by atoms with van der Waals surface area (Å²) in [6, 6.07) is -0.784. The van der Waals surface area contributed by atoms with Crippen LogP contribution in [0.3, 0.4) is 0 Å². The standard InChI is InChI=1S/C11H13N5O/c1-4-5-16-9(10(12)13-11(16)17)8-6-15(3)14-7(8)2/h1,6,9H,5H2,2-3H3,(H2,12,13,17). The number of carbonyl (C=O) groups is 1. The summed E-state index contributed by atoms with van der Waals surface area (Å²) in [6.45, 7) is 2.02. The number of hydrogen-bond acceptors (Lipinski definition) is 3. The van der Waals surface area contributed by atoms with E-state index in [2.05, 4.69) is 16.3 Å². The lowest BCUT2D eigenvalue weighted by Gasteiger charge is -2.19. The molecule has 1 aromatic heterocycles. The molecule has 6 heteroatoms. The summed E-state index contributed by atoms with van der Waals surface area (Å²) in [6.07, 6.45) is 7.04. The van der Waals surface area contributed by atoms with Crippen molar-refractivity contribution in [3.05, 3.63) is 17.5 Å². The van der Waals surface area contributed by atoms with Crippen molar-refractivity contribution in [1.29, 1.82) is 5.41 Å². The van der Waals surface area contributed by atoms with E-state index in [1.807, 2.05) is 6.92 Å². The van der Waals surface area contributed by atoms with Gasteiger partial charge in [-0.2, -0.15) is 5.10 Å². The van der Waals surface area contributed by atoms with Gasteiger partial charge in [-0.1, -0.05) is 5.92 Å². The zero-order chi connectivity index (χ0) is 12.6. The minimum absolute atomic E-state index is 0.140. The van der Waals surface area contributed by atoms with Gasteiger partial charge < -0.3 is 0 Å². The van der Waals surface area contributed by atoms with Crippen LogP contribution in [0.2, 0.25) is 0 Å². The van der Waals surface area contributed by atoms with Crippen molar-refractivity contribution >= 4 is 11.9 Å². The maximum atomic E-state index is 11.6. The number of amidine groups is 1. The average Bonchev–Trinajstić information content (AvgIpc) is 2.69. The first-order valence-electron chi connectivity index (χ1n) is 5.14. The number of nitrogens with one attached hydrogen (secondary N) is 2. The Morgan fingerprint density at radius 2 is 2.41 bits per heavy atom. The molecule has 0 radical (unpaired) electrons. The number of urea groups is 1. The Kier molecular flexibility index (Phi) is 2.60. The number of hydrogen-bond donors (Lipinski definition) is 2. The Balaban J connectivity index is 2.42. The lowest BCUT2D eigenvalue weighted by molar-refractivity contribution is 0.212. The Morgan fingerprint density at radius 3 is 2.94 bits per heavy atom. The van der Waals surface area contributed by atoms with E-state index in [9.17, 15) is 4.79 Å². The second-order valence-electron chi connectivity index (χ2n) is 3.92. The van der Waals surface area contributed by atoms with Crippen molar-refractivity contribution in [3.8, 4) is 12.3 Å². The van der Waals surface area contributed by atoms with Gasteiger partial charge in [-0.05, 0) is 6.92 Å². The van der Waals surface area contributed by atoms with Gasteiger partial charge in [-0.25, -0.2) is 4.79 Å². The topological polar surface area (TPSA) is 74.0 Å². The monoisotopic (exact) mass is 231 g/mol. The number of amides is 2. The molecule has 2 rings (SSSR count). The Bertz CT molecular complexity index is 524. The summed E-state index contributed by atoms with van der Waals surface area (Å²) in [5.41, 5.74) is 1.62. The molecule has 17 heavy (non-hydrogen) atoms. The fourth-order valence-electron chi connectivity index (χ4n) is 2.00. The summed E-state index contributed by atoms with van der Waals surface area (Å²) in [7, 11) is 1.80. The molecule has 1 atom stereocenters. The first-order chi connectivity index (χ1) is 8.04. The van der Waals surface area contributed by atoms with E-state index in [1.54, 1.807) is 17.9 Å². The molecule has 2 amide bonds. The van der Waals surface area contributed by atoms with Gasteiger partial charge in [-0.3, -0.25) is 20.3 Å². The third kappa shape index (κ3) is 1.76. The number of aromatic nitrogens is 2. The number of rotatable bonds is 2. The van der Waals surface area contributed by atoms with E-state index in [0.717, 1.165) is 11.3 Å². The van der Waals surface area contributed by atoms with Gasteiger partial charge in [0.1, 0.15) is 11.9 Å². The predicted molar refractivity (Wildman–Crippen MR) is 62.5 cm³/mol. The first-order valence-corrected chi connectivity index (χ1v) is 5.14. The maximum Gasteiger partial charge on any atom is 0.324 e. The Morgan fingerprint density at radius 1 is 1.71 bits per heavy atom. The van der Waals surface area contributed by atoms with Crippen molar-refractivity contribution < 1.29 is 4.79 Å². The fourth-order valence-corrected chi connectivity index (χ4v) is 2.00. The van der Waals surface area contributed by atoms with Crippen LogP contribution in [0.15, 0.2) is 6.20 Å². The van der Waals surface area contributed by atoms with Crippen LogP contribution in [0.1, 0.15) is 17.3 Å². The number of carbonyl (C=O) groups excluding carboxylic acids is 1. The fraction of sp³-hybridized carbons (Fsp3) is 0.364. The normalized spacial score (nSPS) is 19.4. The third-order valence-corrected chi connectivity index (χ3v) is 2.70. The van der Waals surface area contributed by atoms with E-state index >= 15 is 0 Å². The molecular formula is C11H13N5O. The summed E-state index contributed by atoms with van der Waals surface area (Å²) < 4.78 is 1.66. The number of aryl methyl sites for hydroxylation is 2. The first kappa shape index (κ1) is 11.2. The Labute approximate surface area is 99.1 Å². The Hall–Kier alpha value is -2.29. The second kappa shape index (κ2) is 3.94. The van der Waals surface area contributed by atoms with E-state index in [-0.39, 0.29) is 18.4 Å². The summed E-state index contributed by atoms with van der Waals surface area (Å²) in [4.78, 5) is 13.1. The van der Waals surface area contributed by atoms with Gasteiger partial charge in [0.2, 0.25) is 0 Å². The summed E-state index contributed by atoms with van der Waals surface area (Å²) in [5, 5.41) is 14.5. The number of terminal acetylenes is 1. The van der Waals surface area contributed by atoms with Crippen LogP contribution in [0.4, 0.5) is 4.79 Å². The molecule has 1 aliphatic rings. The highest BCUT2D eigenvalue weighted by atomic mass is 16.2. The van der Waals surface area contributed by atoms with Gasteiger partial charge >= 0.3 is 6.03 Å². The van der Waals surface area contributed by atoms with Gasteiger partial charge in [0.15, 0.2) is 0 Å². The van der Waals surface area contributed by atoms with Crippen molar-refractivity contribution in [2.75, 3.05) is 6.54 Å². The highest BCUT2D eigenvalue weighted by Crippen LogP contribution is 2.27. The minimum Gasteiger partial charge on any atom is -0.299 e. The van der Waals surface area contributed by atoms with Crippen LogP contribution in [-0.2, 0) is 7.05 Å². The van der Waals surface area contributed by atoms with Gasteiger partial charge in [-0.15, -0.1) is 6.42 Å². The molecule has 1 unspecified atom stereocenters. The highest BCUT2D eigenvalue weighted by molar-refractivity contribution is 6.06. The second-order valence-corrected chi connectivity index (χ2v) is 3.92. The molecular weight excluding hydrogens is 218 g/mol. The molecule has 88 valence electrons. The van der Waals surface area contributed by atoms with Crippen molar-refractivity contribution in [2.45, 2.75) is 13.0 Å². The van der Waals surface area contributed by atoms with Crippen molar-refractivity contribution in [1.82, 2.24) is 20.0 Å². The molecule has 2 heterocycles. The van der Waals surface area contributed by atoms with Crippen LogP contribution in [0.5, 0.6) is 0 Å². The quantitative estimate of drug-likeness (QED) is 0.723. The van der Waals surface area contributed by atoms with Crippen LogP contribution >= 0.6 is 0 Å². The van der Waals surface area contributed by atoms with Crippen LogP contribution < -0.4 is 5.32 Å². The van der Waals surface area contributed by atoms with Crippen molar-refractivity contribution in [3.63, 3.8) is 0 Å². The summed E-state index contributed by atoms with van der Waals surface area (Å²) in [5.74, 6) is 2.57. The van der Waals surface area contributed by atoms with Crippen LogP contribution in [-0.4, -0.2) is 33.1 Å². The largest absolute Gasteiger partial charge is 0.324 e. The molecule has 0 aliphatic carbocycles. The lowest BCUT2D eigenvalue weighted by Crippen LogP contribution is -2.30. The molecule has 2 N–H and O–H groups in total. The summed E-state index contributed by atoms with van der Waals surface area (Å²) >= 11 is 0. The lowest BCUT2D eigenvalue weighted by atomic mass is 10.1. The van der Waals surface area contributed by atoms with E-state index < -0.39 is 6.04 Å². The molecule has 1 aromatic rings. The third-order valence-electron chi connectivity index (χ3n) is 2.70.